The second-order valence-corrected chi connectivity index (χ2v) is 4.17. The van der Waals surface area contributed by atoms with Crippen LogP contribution in [0.5, 0.6) is 0 Å². The highest BCUT2D eigenvalue weighted by molar-refractivity contribution is 9.10. The van der Waals surface area contributed by atoms with E-state index in [1.807, 2.05) is 0 Å². The Morgan fingerprint density at radius 3 is 2.94 bits per heavy atom. The van der Waals surface area contributed by atoms with Gasteiger partial charge in [-0.15, -0.1) is 0 Å². The molecule has 1 fully saturated rings. The van der Waals surface area contributed by atoms with Crippen molar-refractivity contribution >= 4 is 21.7 Å². The molecule has 1 unspecified atom stereocenters. The highest BCUT2D eigenvalue weighted by Crippen LogP contribution is 2.32. The molecule has 0 amide bonds. The number of pyridine rings is 1. The zero-order valence-electron chi connectivity index (χ0n) is 8.11. The van der Waals surface area contributed by atoms with Crippen LogP contribution in [0.1, 0.15) is 12.0 Å². The molecule has 0 radical (unpaired) electrons. The molecule has 7 heteroatoms. The van der Waals surface area contributed by atoms with Gasteiger partial charge in [-0.2, -0.15) is 0 Å². The van der Waals surface area contributed by atoms with Gasteiger partial charge in [-0.25, -0.2) is 13.8 Å². The summed E-state index contributed by atoms with van der Waals surface area (Å²) in [6.45, 7) is 0.636. The van der Waals surface area contributed by atoms with Crippen molar-refractivity contribution in [3.05, 3.63) is 22.3 Å². The van der Waals surface area contributed by atoms with Gasteiger partial charge < -0.3 is 14.7 Å². The van der Waals surface area contributed by atoms with E-state index >= 15 is 0 Å². The molecule has 1 aromatic heterocycles. The third-order valence-corrected chi connectivity index (χ3v) is 2.67. The Hall–Kier alpha value is -0.790. The summed E-state index contributed by atoms with van der Waals surface area (Å²) in [5, 5.41) is 9.42. The largest absolute Gasteiger partial charge is 0.351 e. The Bertz CT molecular complexity index is 392. The van der Waals surface area contributed by atoms with E-state index in [4.69, 9.17) is 4.74 Å². The summed E-state index contributed by atoms with van der Waals surface area (Å²) in [6.07, 6.45) is -2.44. The molecule has 4 nitrogen and oxygen atoms in total. The summed E-state index contributed by atoms with van der Waals surface area (Å²) in [6, 6.07) is 1.29. The predicted molar refractivity (Wildman–Crippen MR) is 56.2 cm³/mol. The van der Waals surface area contributed by atoms with E-state index in [9.17, 15) is 13.9 Å². The van der Waals surface area contributed by atoms with E-state index in [0.29, 0.717) is 17.6 Å². The first-order valence-electron chi connectivity index (χ1n) is 4.59. The highest BCUT2D eigenvalue weighted by Gasteiger charge is 2.28. The van der Waals surface area contributed by atoms with Crippen molar-refractivity contribution in [1.82, 2.24) is 4.98 Å². The fourth-order valence-electron chi connectivity index (χ4n) is 1.52. The minimum atomic E-state index is -2.65. The van der Waals surface area contributed by atoms with Crippen LogP contribution in [-0.2, 0) is 4.74 Å². The molecule has 0 aromatic carbocycles. The Morgan fingerprint density at radius 2 is 2.38 bits per heavy atom. The van der Waals surface area contributed by atoms with Gasteiger partial charge >= 0.3 is 0 Å². The van der Waals surface area contributed by atoms with Crippen molar-refractivity contribution in [2.75, 3.05) is 18.1 Å². The Morgan fingerprint density at radius 1 is 1.62 bits per heavy atom. The van der Waals surface area contributed by atoms with Gasteiger partial charge in [0, 0.05) is 17.2 Å². The van der Waals surface area contributed by atoms with E-state index in [2.05, 4.69) is 20.9 Å². The third-order valence-electron chi connectivity index (χ3n) is 2.23. The summed E-state index contributed by atoms with van der Waals surface area (Å²) < 4.78 is 30.9. The van der Waals surface area contributed by atoms with Crippen molar-refractivity contribution in [1.29, 1.82) is 0 Å². The number of rotatable bonds is 2. The van der Waals surface area contributed by atoms with Crippen molar-refractivity contribution in [2.24, 2.45) is 0 Å². The molecular weight excluding hydrogens is 286 g/mol. The first-order chi connectivity index (χ1) is 7.59. The Balaban J connectivity index is 2.39. The first-order valence-corrected chi connectivity index (χ1v) is 5.39. The molecule has 0 bridgehead atoms. The quantitative estimate of drug-likeness (QED) is 0.905. The van der Waals surface area contributed by atoms with Crippen molar-refractivity contribution in [3.63, 3.8) is 0 Å². The minimum absolute atomic E-state index is 0.0585. The van der Waals surface area contributed by atoms with Crippen molar-refractivity contribution < 1.29 is 18.6 Å². The minimum Gasteiger partial charge on any atom is -0.351 e. The maximum Gasteiger partial charge on any atom is 0.267 e. The van der Waals surface area contributed by atoms with Crippen LogP contribution < -0.4 is 4.90 Å². The number of aromatic nitrogens is 1. The molecule has 88 valence electrons. The highest BCUT2D eigenvalue weighted by atomic mass is 79.9. The van der Waals surface area contributed by atoms with E-state index < -0.39 is 12.8 Å². The second kappa shape index (κ2) is 4.60. The van der Waals surface area contributed by atoms with Crippen molar-refractivity contribution in [2.45, 2.75) is 12.8 Å². The molecule has 1 aliphatic rings. The van der Waals surface area contributed by atoms with E-state index in [1.54, 1.807) is 0 Å². The second-order valence-electron chi connectivity index (χ2n) is 3.26. The number of alkyl halides is 2. The van der Waals surface area contributed by atoms with Crippen LogP contribution in [-0.4, -0.2) is 29.7 Å². The molecule has 2 heterocycles. The van der Waals surface area contributed by atoms with Crippen LogP contribution in [0.4, 0.5) is 14.6 Å². The number of anilines is 1. The van der Waals surface area contributed by atoms with Gasteiger partial charge in [-0.3, -0.25) is 0 Å². The number of hydrogen-bond acceptors (Lipinski definition) is 4. The molecule has 1 atom stereocenters. The molecule has 1 aromatic rings. The lowest BCUT2D eigenvalue weighted by Crippen LogP contribution is -2.31. The molecule has 1 aliphatic heterocycles. The molecule has 1 saturated heterocycles. The van der Waals surface area contributed by atoms with Gasteiger partial charge in [0.15, 0.2) is 0 Å². The van der Waals surface area contributed by atoms with Crippen LogP contribution in [0, 0.1) is 0 Å². The number of aliphatic hydroxyl groups excluding tert-OH is 1. The van der Waals surface area contributed by atoms with Gasteiger partial charge in [0.2, 0.25) is 6.41 Å². The monoisotopic (exact) mass is 294 g/mol. The lowest BCUT2D eigenvalue weighted by Gasteiger charge is -2.21. The maximum absolute atomic E-state index is 12.8. The van der Waals surface area contributed by atoms with Crippen molar-refractivity contribution in [3.8, 4) is 0 Å². The topological polar surface area (TPSA) is 45.6 Å². The average molecular weight is 295 g/mol. The van der Waals surface area contributed by atoms with E-state index in [1.165, 1.54) is 17.2 Å². The summed E-state index contributed by atoms with van der Waals surface area (Å²) in [4.78, 5) is 5.19. The average Bonchev–Trinajstić information content (AvgIpc) is 2.64. The smallest absolute Gasteiger partial charge is 0.267 e. The van der Waals surface area contributed by atoms with Gasteiger partial charge in [0.25, 0.3) is 6.43 Å². The van der Waals surface area contributed by atoms with Crippen LogP contribution in [0.3, 0.4) is 0 Å². The molecule has 16 heavy (non-hydrogen) atoms. The number of hydrogen-bond donors (Lipinski definition) is 1. The van der Waals surface area contributed by atoms with E-state index in [-0.39, 0.29) is 11.4 Å². The number of aliphatic hydroxyl groups is 1. The molecular formula is C9H9BrF2N2O2. The first kappa shape index (κ1) is 11.7. The lowest BCUT2D eigenvalue weighted by atomic mass is 10.2. The molecule has 1 N–H and O–H groups in total. The van der Waals surface area contributed by atoms with Crippen LogP contribution >= 0.6 is 15.9 Å². The van der Waals surface area contributed by atoms with Crippen LogP contribution in [0.25, 0.3) is 0 Å². The molecule has 2 rings (SSSR count). The zero-order valence-corrected chi connectivity index (χ0v) is 9.69. The predicted octanol–water partition coefficient (Wildman–Crippen LogP) is 1.89. The number of nitrogens with zero attached hydrogens (tertiary/aromatic N) is 2. The SMILES string of the molecule is OC1OCCN1c1ncc(Br)cc1C(F)F. The fraction of sp³-hybridized carbons (Fsp3) is 0.444. The normalized spacial score (nSPS) is 20.8. The summed E-state index contributed by atoms with van der Waals surface area (Å²) in [5.41, 5.74) is -0.223. The molecule has 0 spiro atoms. The Kier molecular flexibility index (Phi) is 3.36. The van der Waals surface area contributed by atoms with Gasteiger partial charge in [-0.1, -0.05) is 0 Å². The summed E-state index contributed by atoms with van der Waals surface area (Å²) >= 11 is 3.08. The standard InChI is InChI=1S/C9H9BrF2N2O2/c10-5-3-6(7(11)12)8(13-4-5)14-1-2-16-9(14)15/h3-4,7,9,15H,1-2H2. The fourth-order valence-corrected chi connectivity index (χ4v) is 1.86. The third kappa shape index (κ3) is 2.16. The zero-order chi connectivity index (χ0) is 11.7. The summed E-state index contributed by atoms with van der Waals surface area (Å²) in [7, 11) is 0. The number of ether oxygens (including phenoxy) is 1. The molecule has 0 aliphatic carbocycles. The van der Waals surface area contributed by atoms with Gasteiger partial charge in [0.1, 0.15) is 5.82 Å². The summed E-state index contributed by atoms with van der Waals surface area (Å²) in [5.74, 6) is 0.0585. The van der Waals surface area contributed by atoms with E-state index in [0.717, 1.165) is 0 Å². The lowest BCUT2D eigenvalue weighted by molar-refractivity contribution is -0.0578. The Labute approximate surface area is 99.0 Å². The van der Waals surface area contributed by atoms with Crippen LogP contribution in [0.2, 0.25) is 0 Å². The maximum atomic E-state index is 12.8. The molecule has 0 saturated carbocycles. The van der Waals surface area contributed by atoms with Gasteiger partial charge in [-0.05, 0) is 22.0 Å². The van der Waals surface area contributed by atoms with Gasteiger partial charge in [0.05, 0.1) is 12.2 Å². The number of halogens is 3. The van der Waals surface area contributed by atoms with Crippen LogP contribution in [0.15, 0.2) is 16.7 Å².